The van der Waals surface area contributed by atoms with Crippen LogP contribution in [0.3, 0.4) is 0 Å². The van der Waals surface area contributed by atoms with Crippen molar-refractivity contribution < 1.29 is 14.0 Å². The van der Waals surface area contributed by atoms with Gasteiger partial charge in [-0.25, -0.2) is 0 Å². The van der Waals surface area contributed by atoms with Gasteiger partial charge in [-0.15, -0.1) is 0 Å². The zero-order valence-corrected chi connectivity index (χ0v) is 21.7. The molecule has 4 rings (SSSR count). The average molecular weight is 483 g/mol. The lowest BCUT2D eigenvalue weighted by molar-refractivity contribution is -0.133. The molecule has 7 nitrogen and oxygen atoms in total. The molecular formula is C28H42N4O3. The molecule has 0 bridgehead atoms. The van der Waals surface area contributed by atoms with Gasteiger partial charge in [0, 0.05) is 12.6 Å². The Hall–Kier alpha value is -2.54. The topological polar surface area (TPSA) is 70.7 Å². The molecule has 0 saturated heterocycles. The maximum atomic E-state index is 13.9. The molecule has 7 heteroatoms. The van der Waals surface area contributed by atoms with Crippen molar-refractivity contribution in [2.75, 3.05) is 26.2 Å². The fourth-order valence-corrected chi connectivity index (χ4v) is 5.70. The molecule has 1 atom stereocenters. The van der Waals surface area contributed by atoms with Crippen molar-refractivity contribution in [1.82, 2.24) is 19.7 Å². The van der Waals surface area contributed by atoms with E-state index in [1.54, 1.807) is 6.26 Å². The number of aromatic nitrogens is 1. The van der Waals surface area contributed by atoms with E-state index in [-0.39, 0.29) is 17.9 Å². The second kappa shape index (κ2) is 11.5. The molecule has 2 aromatic rings. The fourth-order valence-electron chi connectivity index (χ4n) is 5.70. The van der Waals surface area contributed by atoms with Gasteiger partial charge in [-0.05, 0) is 70.1 Å². The highest BCUT2D eigenvalue weighted by atomic mass is 16.3. The first kappa shape index (κ1) is 25.5. The minimum Gasteiger partial charge on any atom is -0.463 e. The largest absolute Gasteiger partial charge is 0.463 e. The zero-order chi connectivity index (χ0) is 24.8. The van der Waals surface area contributed by atoms with E-state index in [0.717, 1.165) is 57.4 Å². The van der Waals surface area contributed by atoms with Crippen LogP contribution < -0.4 is 5.32 Å². The first-order chi connectivity index (χ1) is 17.0. The summed E-state index contributed by atoms with van der Waals surface area (Å²) in [6.07, 6.45) is 10.6. The molecule has 0 radical (unpaired) electrons. The smallest absolute Gasteiger partial charge is 0.271 e. The van der Waals surface area contributed by atoms with Crippen LogP contribution in [0.4, 0.5) is 0 Å². The van der Waals surface area contributed by atoms with Crippen molar-refractivity contribution in [3.05, 3.63) is 36.2 Å². The lowest BCUT2D eigenvalue weighted by Gasteiger charge is -2.45. The van der Waals surface area contributed by atoms with Crippen LogP contribution in [-0.4, -0.2) is 63.9 Å². The molecule has 1 aliphatic heterocycles. The van der Waals surface area contributed by atoms with Gasteiger partial charge in [-0.3, -0.25) is 9.59 Å². The molecule has 0 unspecified atom stereocenters. The van der Waals surface area contributed by atoms with E-state index >= 15 is 0 Å². The molecule has 1 aliphatic carbocycles. The molecule has 1 fully saturated rings. The summed E-state index contributed by atoms with van der Waals surface area (Å²) >= 11 is 0. The number of fused-ring (bicyclic) bond motifs is 1. The number of carbonyl (C=O) groups excluding carboxylic acids is 2. The maximum Gasteiger partial charge on any atom is 0.271 e. The molecule has 0 spiro atoms. The minimum absolute atomic E-state index is 0.0380. The van der Waals surface area contributed by atoms with Gasteiger partial charge in [0.05, 0.1) is 18.5 Å². The number of nitrogens with one attached hydrogen (secondary N) is 1. The monoisotopic (exact) mass is 482 g/mol. The Morgan fingerprint density at radius 3 is 2.43 bits per heavy atom. The molecule has 192 valence electrons. The first-order valence-corrected chi connectivity index (χ1v) is 13.6. The van der Waals surface area contributed by atoms with Crippen LogP contribution in [0.15, 0.2) is 34.9 Å². The van der Waals surface area contributed by atoms with Crippen molar-refractivity contribution >= 4 is 11.8 Å². The molecule has 35 heavy (non-hydrogen) atoms. The van der Waals surface area contributed by atoms with Crippen LogP contribution in [0.5, 0.6) is 0 Å². The van der Waals surface area contributed by atoms with Crippen LogP contribution in [0, 0.1) is 0 Å². The normalized spacial score (nSPS) is 21.6. The molecule has 0 aromatic carbocycles. The van der Waals surface area contributed by atoms with Gasteiger partial charge < -0.3 is 24.1 Å². The quantitative estimate of drug-likeness (QED) is 0.551. The van der Waals surface area contributed by atoms with Gasteiger partial charge in [0.25, 0.3) is 5.91 Å². The van der Waals surface area contributed by atoms with E-state index in [4.69, 9.17) is 4.42 Å². The van der Waals surface area contributed by atoms with Crippen molar-refractivity contribution in [2.24, 2.45) is 0 Å². The molecule has 1 N–H and O–H groups in total. The summed E-state index contributed by atoms with van der Waals surface area (Å²) in [6.45, 7) is 10.1. The zero-order valence-electron chi connectivity index (χ0n) is 21.7. The van der Waals surface area contributed by atoms with Crippen molar-refractivity contribution in [1.29, 1.82) is 0 Å². The second-order valence-electron chi connectivity index (χ2n) is 10.3. The Morgan fingerprint density at radius 2 is 1.77 bits per heavy atom. The van der Waals surface area contributed by atoms with Gasteiger partial charge in [0.15, 0.2) is 0 Å². The van der Waals surface area contributed by atoms with Crippen molar-refractivity contribution in [3.63, 3.8) is 0 Å². The summed E-state index contributed by atoms with van der Waals surface area (Å²) in [4.78, 5) is 31.9. The number of hydrogen-bond acceptors (Lipinski definition) is 4. The number of amides is 2. The molecule has 2 aromatic heterocycles. The fraction of sp³-hybridized carbons (Fsp3) is 0.643. The lowest BCUT2D eigenvalue weighted by atomic mass is 9.92. The van der Waals surface area contributed by atoms with Gasteiger partial charge in [0.1, 0.15) is 17.0 Å². The van der Waals surface area contributed by atoms with Gasteiger partial charge in [-0.2, -0.15) is 0 Å². The van der Waals surface area contributed by atoms with Crippen molar-refractivity contribution in [2.45, 2.75) is 90.3 Å². The maximum absolute atomic E-state index is 13.9. The highest BCUT2D eigenvalue weighted by Gasteiger charge is 2.48. The number of furan rings is 1. The third kappa shape index (κ3) is 5.50. The SMILES string of the molecule is CCN(CC)CCCN1C(=O)c2ccc(-c3ccco3)n2C[C@@]1(C)C(=O)NC1CCCCCCC1. The van der Waals surface area contributed by atoms with E-state index in [2.05, 4.69) is 24.1 Å². The van der Waals surface area contributed by atoms with E-state index < -0.39 is 5.54 Å². The second-order valence-corrected chi connectivity index (χ2v) is 10.3. The Balaban J connectivity index is 1.60. The summed E-state index contributed by atoms with van der Waals surface area (Å²) in [6, 6.07) is 7.72. The third-order valence-corrected chi connectivity index (χ3v) is 7.96. The summed E-state index contributed by atoms with van der Waals surface area (Å²) in [7, 11) is 0. The lowest BCUT2D eigenvalue weighted by Crippen LogP contribution is -2.65. The molecular weight excluding hydrogens is 440 g/mol. The van der Waals surface area contributed by atoms with Crippen molar-refractivity contribution in [3.8, 4) is 11.5 Å². The molecule has 2 amide bonds. The highest BCUT2D eigenvalue weighted by molar-refractivity contribution is 6.00. The minimum atomic E-state index is -0.962. The first-order valence-electron chi connectivity index (χ1n) is 13.6. The van der Waals surface area contributed by atoms with Crippen LogP contribution in [-0.2, 0) is 11.3 Å². The van der Waals surface area contributed by atoms with E-state index in [1.165, 1.54) is 19.3 Å². The predicted molar refractivity (Wildman–Crippen MR) is 138 cm³/mol. The molecule has 2 aliphatic rings. The van der Waals surface area contributed by atoms with E-state index in [9.17, 15) is 9.59 Å². The van der Waals surface area contributed by atoms with Crippen LogP contribution in [0.1, 0.15) is 82.6 Å². The summed E-state index contributed by atoms with van der Waals surface area (Å²) < 4.78 is 7.62. The summed E-state index contributed by atoms with van der Waals surface area (Å²) in [5.41, 5.74) is 0.498. The standard InChI is InChI=1S/C28H42N4O3/c1-4-30(5-2)18-12-19-32-26(33)24-17-16-23(25-15-11-20-35-25)31(24)21-28(32,3)27(34)29-22-13-9-7-6-8-10-14-22/h11,15-17,20,22H,4-10,12-14,18-19,21H2,1-3H3,(H,29,34)/t28-/m0/s1. The van der Waals surface area contributed by atoms with Gasteiger partial charge >= 0.3 is 0 Å². The summed E-state index contributed by atoms with van der Waals surface area (Å²) in [5, 5.41) is 3.37. The highest BCUT2D eigenvalue weighted by Crippen LogP contribution is 2.34. The van der Waals surface area contributed by atoms with Crippen LogP contribution in [0.25, 0.3) is 11.5 Å². The average Bonchev–Trinajstić information content (AvgIpc) is 3.50. The van der Waals surface area contributed by atoms with E-state index in [0.29, 0.717) is 24.5 Å². The number of hydrogen-bond donors (Lipinski definition) is 1. The Bertz CT molecular complexity index is 970. The van der Waals surface area contributed by atoms with E-state index in [1.807, 2.05) is 40.7 Å². The number of rotatable bonds is 9. The Morgan fingerprint density at radius 1 is 1.09 bits per heavy atom. The van der Waals surface area contributed by atoms with Gasteiger partial charge in [0.2, 0.25) is 5.91 Å². The predicted octanol–water partition coefficient (Wildman–Crippen LogP) is 4.92. The van der Waals surface area contributed by atoms with Crippen LogP contribution >= 0.6 is 0 Å². The van der Waals surface area contributed by atoms with Crippen LogP contribution in [0.2, 0.25) is 0 Å². The number of nitrogens with zero attached hydrogens (tertiary/aromatic N) is 3. The Kier molecular flexibility index (Phi) is 8.37. The number of carbonyl (C=O) groups is 2. The Labute approximate surface area is 209 Å². The molecule has 3 heterocycles. The summed E-state index contributed by atoms with van der Waals surface area (Å²) in [5.74, 6) is 0.592. The molecule has 1 saturated carbocycles. The van der Waals surface area contributed by atoms with Gasteiger partial charge in [-0.1, -0.05) is 46.0 Å². The third-order valence-electron chi connectivity index (χ3n) is 7.96.